The number of carbonyl (C=O) groups excluding carboxylic acids is 1. The Balaban J connectivity index is 1.40. The normalized spacial score (nSPS) is 16.5. The molecule has 0 unspecified atom stereocenters. The molecule has 0 atom stereocenters. The molecular weight excluding hydrogens is 276 g/mol. The molecule has 0 bridgehead atoms. The summed E-state index contributed by atoms with van der Waals surface area (Å²) in [6, 6.07) is 12.6. The highest BCUT2D eigenvalue weighted by Crippen LogP contribution is 2.12. The van der Waals surface area contributed by atoms with E-state index >= 15 is 0 Å². The second-order valence-corrected chi connectivity index (χ2v) is 5.80. The summed E-state index contributed by atoms with van der Waals surface area (Å²) in [6.07, 6.45) is 4.70. The van der Waals surface area contributed by atoms with Gasteiger partial charge in [-0.15, -0.1) is 0 Å². The Kier molecular flexibility index (Phi) is 4.85. The number of carbonyl (C=O) groups is 1. The third kappa shape index (κ3) is 3.95. The van der Waals surface area contributed by atoms with Crippen LogP contribution < -0.4 is 5.32 Å². The third-order valence-corrected chi connectivity index (χ3v) is 4.23. The molecule has 1 aromatic heterocycles. The van der Waals surface area contributed by atoms with Crippen molar-refractivity contribution >= 4 is 5.91 Å². The Bertz CT molecular complexity index is 574. The fourth-order valence-corrected chi connectivity index (χ4v) is 2.88. The lowest BCUT2D eigenvalue weighted by molar-refractivity contribution is 0.0906. The van der Waals surface area contributed by atoms with Crippen molar-refractivity contribution in [1.82, 2.24) is 20.4 Å². The Morgan fingerprint density at radius 2 is 2.00 bits per heavy atom. The lowest BCUT2D eigenvalue weighted by atomic mass is 10.0. The van der Waals surface area contributed by atoms with Crippen molar-refractivity contribution in [2.45, 2.75) is 25.3 Å². The van der Waals surface area contributed by atoms with Gasteiger partial charge in [-0.1, -0.05) is 30.3 Å². The van der Waals surface area contributed by atoms with Crippen LogP contribution in [0.1, 0.15) is 28.9 Å². The zero-order chi connectivity index (χ0) is 15.2. The molecule has 1 aromatic carbocycles. The van der Waals surface area contributed by atoms with E-state index < -0.39 is 0 Å². The molecule has 2 N–H and O–H groups in total. The third-order valence-electron chi connectivity index (χ3n) is 4.23. The van der Waals surface area contributed by atoms with Gasteiger partial charge in [-0.2, -0.15) is 5.10 Å². The first-order valence-corrected chi connectivity index (χ1v) is 7.88. The minimum absolute atomic E-state index is 0.0553. The number of nitrogens with zero attached hydrogens (tertiary/aromatic N) is 2. The molecule has 1 aliphatic heterocycles. The zero-order valence-electron chi connectivity index (χ0n) is 12.7. The second-order valence-electron chi connectivity index (χ2n) is 5.80. The maximum Gasteiger partial charge on any atom is 0.269 e. The Labute approximate surface area is 130 Å². The summed E-state index contributed by atoms with van der Waals surface area (Å²) in [5.41, 5.74) is 1.92. The topological polar surface area (TPSA) is 61.0 Å². The number of benzene rings is 1. The molecule has 1 aliphatic rings. The minimum Gasteiger partial charge on any atom is -0.348 e. The highest BCUT2D eigenvalue weighted by molar-refractivity contribution is 5.92. The Morgan fingerprint density at radius 3 is 2.68 bits per heavy atom. The molecule has 1 saturated heterocycles. The molecule has 0 aliphatic carbocycles. The molecule has 3 rings (SSSR count). The predicted molar refractivity (Wildman–Crippen MR) is 85.7 cm³/mol. The summed E-state index contributed by atoms with van der Waals surface area (Å²) >= 11 is 0. The van der Waals surface area contributed by atoms with Gasteiger partial charge in [0.1, 0.15) is 5.69 Å². The summed E-state index contributed by atoms with van der Waals surface area (Å²) in [5, 5.41) is 9.59. The second kappa shape index (κ2) is 7.22. The van der Waals surface area contributed by atoms with Crippen LogP contribution in [-0.2, 0) is 6.42 Å². The van der Waals surface area contributed by atoms with Gasteiger partial charge in [-0.3, -0.25) is 9.89 Å². The molecule has 5 nitrogen and oxygen atoms in total. The van der Waals surface area contributed by atoms with Crippen LogP contribution in [0.5, 0.6) is 0 Å². The molecule has 0 saturated carbocycles. The molecule has 2 heterocycles. The minimum atomic E-state index is -0.0553. The number of amides is 1. The van der Waals surface area contributed by atoms with Gasteiger partial charge in [0.2, 0.25) is 0 Å². The highest BCUT2D eigenvalue weighted by atomic mass is 16.2. The quantitative estimate of drug-likeness (QED) is 0.885. The molecule has 0 spiro atoms. The fraction of sp³-hybridized carbons (Fsp3) is 0.412. The van der Waals surface area contributed by atoms with E-state index in [4.69, 9.17) is 0 Å². The van der Waals surface area contributed by atoms with Crippen LogP contribution in [-0.4, -0.2) is 46.7 Å². The van der Waals surface area contributed by atoms with E-state index in [1.165, 1.54) is 5.56 Å². The molecule has 1 fully saturated rings. The summed E-state index contributed by atoms with van der Waals surface area (Å²) < 4.78 is 0. The van der Waals surface area contributed by atoms with E-state index in [2.05, 4.69) is 50.7 Å². The standard InChI is InChI=1S/C17H22N4O/c22-17(16-6-10-18-20-16)19-15-8-12-21(13-9-15)11-7-14-4-2-1-3-5-14/h1-6,10,15H,7-9,11-13H2,(H,18,20)(H,19,22). The van der Waals surface area contributed by atoms with Crippen LogP contribution in [0.3, 0.4) is 0 Å². The number of aromatic amines is 1. The van der Waals surface area contributed by atoms with E-state index in [0.29, 0.717) is 5.69 Å². The van der Waals surface area contributed by atoms with Gasteiger partial charge in [0, 0.05) is 31.9 Å². The summed E-state index contributed by atoms with van der Waals surface area (Å²) in [5.74, 6) is -0.0553. The number of rotatable bonds is 5. The summed E-state index contributed by atoms with van der Waals surface area (Å²) in [6.45, 7) is 3.17. The van der Waals surface area contributed by atoms with Gasteiger partial charge in [0.05, 0.1) is 0 Å². The van der Waals surface area contributed by atoms with Gasteiger partial charge >= 0.3 is 0 Å². The van der Waals surface area contributed by atoms with E-state index in [1.807, 2.05) is 0 Å². The van der Waals surface area contributed by atoms with Crippen molar-refractivity contribution in [1.29, 1.82) is 0 Å². The molecular formula is C17H22N4O. The highest BCUT2D eigenvalue weighted by Gasteiger charge is 2.21. The number of aromatic nitrogens is 2. The number of hydrogen-bond donors (Lipinski definition) is 2. The van der Waals surface area contributed by atoms with Gasteiger partial charge in [-0.25, -0.2) is 0 Å². The van der Waals surface area contributed by atoms with Crippen molar-refractivity contribution in [3.63, 3.8) is 0 Å². The number of hydrogen-bond acceptors (Lipinski definition) is 3. The lowest BCUT2D eigenvalue weighted by Crippen LogP contribution is -2.45. The predicted octanol–water partition coefficient (Wildman–Crippen LogP) is 1.85. The SMILES string of the molecule is O=C(NC1CCN(CCc2ccccc2)CC1)c1ccn[nH]1. The van der Waals surface area contributed by atoms with Crippen LogP contribution in [0.2, 0.25) is 0 Å². The van der Waals surface area contributed by atoms with Gasteiger partial charge in [-0.05, 0) is 30.9 Å². The first-order chi connectivity index (χ1) is 10.8. The number of H-pyrrole nitrogens is 1. The molecule has 116 valence electrons. The molecule has 0 radical (unpaired) electrons. The largest absolute Gasteiger partial charge is 0.348 e. The summed E-state index contributed by atoms with van der Waals surface area (Å²) in [4.78, 5) is 14.4. The maximum atomic E-state index is 12.0. The van der Waals surface area contributed by atoms with Crippen molar-refractivity contribution in [3.05, 3.63) is 53.9 Å². The van der Waals surface area contributed by atoms with E-state index in [9.17, 15) is 4.79 Å². The molecule has 1 amide bonds. The summed E-state index contributed by atoms with van der Waals surface area (Å²) in [7, 11) is 0. The fourth-order valence-electron chi connectivity index (χ4n) is 2.88. The smallest absolute Gasteiger partial charge is 0.269 e. The van der Waals surface area contributed by atoms with Crippen molar-refractivity contribution in [2.24, 2.45) is 0 Å². The van der Waals surface area contributed by atoms with Crippen LogP contribution in [0.15, 0.2) is 42.6 Å². The molecule has 2 aromatic rings. The average Bonchev–Trinajstić information content (AvgIpc) is 3.10. The lowest BCUT2D eigenvalue weighted by Gasteiger charge is -2.32. The Hall–Kier alpha value is -2.14. The van der Waals surface area contributed by atoms with Crippen LogP contribution in [0.25, 0.3) is 0 Å². The van der Waals surface area contributed by atoms with Crippen LogP contribution in [0.4, 0.5) is 0 Å². The monoisotopic (exact) mass is 298 g/mol. The van der Waals surface area contributed by atoms with E-state index in [1.54, 1.807) is 12.3 Å². The first kappa shape index (κ1) is 14.8. The van der Waals surface area contributed by atoms with Crippen molar-refractivity contribution in [2.75, 3.05) is 19.6 Å². The van der Waals surface area contributed by atoms with Gasteiger partial charge in [0.15, 0.2) is 0 Å². The van der Waals surface area contributed by atoms with Crippen molar-refractivity contribution in [3.8, 4) is 0 Å². The first-order valence-electron chi connectivity index (χ1n) is 7.88. The van der Waals surface area contributed by atoms with Gasteiger partial charge < -0.3 is 10.2 Å². The number of likely N-dealkylation sites (tertiary alicyclic amines) is 1. The van der Waals surface area contributed by atoms with Crippen LogP contribution >= 0.6 is 0 Å². The van der Waals surface area contributed by atoms with E-state index in [0.717, 1.165) is 38.9 Å². The van der Waals surface area contributed by atoms with Gasteiger partial charge in [0.25, 0.3) is 5.91 Å². The van der Waals surface area contributed by atoms with Crippen molar-refractivity contribution < 1.29 is 4.79 Å². The maximum absolute atomic E-state index is 12.0. The zero-order valence-corrected chi connectivity index (χ0v) is 12.7. The van der Waals surface area contributed by atoms with Crippen LogP contribution in [0, 0.1) is 0 Å². The average molecular weight is 298 g/mol. The molecule has 5 heteroatoms. The molecule has 22 heavy (non-hydrogen) atoms. The number of piperidine rings is 1. The Morgan fingerprint density at radius 1 is 1.23 bits per heavy atom. The number of nitrogens with one attached hydrogen (secondary N) is 2. The van der Waals surface area contributed by atoms with E-state index in [-0.39, 0.29) is 11.9 Å².